The second kappa shape index (κ2) is 7.31. The van der Waals surface area contributed by atoms with Crippen LogP contribution in [0.3, 0.4) is 0 Å². The molecule has 0 unspecified atom stereocenters. The zero-order valence-corrected chi connectivity index (χ0v) is 7.53. The van der Waals surface area contributed by atoms with E-state index in [2.05, 4.69) is 13.2 Å². The summed E-state index contributed by atoms with van der Waals surface area (Å²) in [6.07, 6.45) is 5.33. The maximum Gasteiger partial charge on any atom is 0.333 e. The van der Waals surface area contributed by atoms with Gasteiger partial charge in [0.05, 0.1) is 18.8 Å². The zero-order chi connectivity index (χ0) is 10.1. The van der Waals surface area contributed by atoms with E-state index in [1.165, 1.54) is 0 Å². The molecule has 0 saturated heterocycles. The Morgan fingerprint density at radius 3 is 2.54 bits per heavy atom. The van der Waals surface area contributed by atoms with Crippen LogP contribution in [-0.2, 0) is 9.53 Å². The number of carbonyl (C=O) groups is 1. The minimum absolute atomic E-state index is 0.106. The molecular formula is C10H14O3. The van der Waals surface area contributed by atoms with Crippen LogP contribution < -0.4 is 0 Å². The Morgan fingerprint density at radius 2 is 2.08 bits per heavy atom. The fourth-order valence-corrected chi connectivity index (χ4v) is 0.686. The number of carboxylic acids is 1. The third-order valence-electron chi connectivity index (χ3n) is 1.30. The van der Waals surface area contributed by atoms with E-state index in [0.717, 1.165) is 0 Å². The Labute approximate surface area is 78.0 Å². The van der Waals surface area contributed by atoms with Crippen LogP contribution >= 0.6 is 0 Å². The van der Waals surface area contributed by atoms with Crippen LogP contribution in [0.1, 0.15) is 6.42 Å². The lowest BCUT2D eigenvalue weighted by atomic mass is 10.2. The van der Waals surface area contributed by atoms with Gasteiger partial charge in [0, 0.05) is 0 Å². The number of hydrogen-bond donors (Lipinski definition) is 1. The second-order valence-electron chi connectivity index (χ2n) is 2.36. The number of rotatable bonds is 7. The van der Waals surface area contributed by atoms with Gasteiger partial charge in [0.25, 0.3) is 0 Å². The summed E-state index contributed by atoms with van der Waals surface area (Å²) < 4.78 is 5.00. The summed E-state index contributed by atoms with van der Waals surface area (Å²) in [6, 6.07) is 0. The van der Waals surface area contributed by atoms with E-state index in [0.29, 0.717) is 13.0 Å². The summed E-state index contributed by atoms with van der Waals surface area (Å²) in [5.41, 5.74) is 0.252. The Kier molecular flexibility index (Phi) is 6.55. The van der Waals surface area contributed by atoms with Crippen molar-refractivity contribution in [2.45, 2.75) is 6.42 Å². The highest BCUT2D eigenvalue weighted by Gasteiger charge is 2.05. The molecule has 0 aromatic heterocycles. The number of aliphatic carboxylic acids is 1. The quantitative estimate of drug-likeness (QED) is 0.371. The largest absolute Gasteiger partial charge is 0.478 e. The molecule has 0 aromatic rings. The first-order valence-electron chi connectivity index (χ1n) is 3.94. The van der Waals surface area contributed by atoms with Crippen molar-refractivity contribution >= 4 is 5.97 Å². The molecule has 0 heterocycles. The van der Waals surface area contributed by atoms with E-state index in [-0.39, 0.29) is 12.2 Å². The van der Waals surface area contributed by atoms with Gasteiger partial charge in [-0.3, -0.25) is 0 Å². The van der Waals surface area contributed by atoms with Crippen molar-refractivity contribution in [2.24, 2.45) is 0 Å². The van der Waals surface area contributed by atoms with Gasteiger partial charge in [-0.25, -0.2) is 4.79 Å². The molecule has 0 aromatic carbocycles. The van der Waals surface area contributed by atoms with E-state index in [1.807, 2.05) is 0 Å². The van der Waals surface area contributed by atoms with Crippen molar-refractivity contribution in [3.63, 3.8) is 0 Å². The lowest BCUT2D eigenvalue weighted by Crippen LogP contribution is -2.08. The number of allylic oxidation sites excluding steroid dienone is 2. The Morgan fingerprint density at radius 1 is 1.38 bits per heavy atom. The summed E-state index contributed by atoms with van der Waals surface area (Å²) in [6.45, 7) is 7.42. The zero-order valence-electron chi connectivity index (χ0n) is 7.53. The van der Waals surface area contributed by atoms with E-state index >= 15 is 0 Å². The molecule has 1 N–H and O–H groups in total. The molecular weight excluding hydrogens is 168 g/mol. The smallest absolute Gasteiger partial charge is 0.333 e. The lowest BCUT2D eigenvalue weighted by Gasteiger charge is -2.01. The first-order chi connectivity index (χ1) is 6.22. The fraction of sp³-hybridized carbons (Fsp3) is 0.300. The summed E-state index contributed by atoms with van der Waals surface area (Å²) in [5.74, 6) is -0.953. The van der Waals surface area contributed by atoms with Gasteiger partial charge in [0.15, 0.2) is 0 Å². The highest BCUT2D eigenvalue weighted by Crippen LogP contribution is 1.99. The standard InChI is InChI=1S/C10H14O3/c1-3-5-6-9(10(11)12)8-13-7-4-2/h3-4,6H,1-2,5,7-8H2,(H,11,12). The highest BCUT2D eigenvalue weighted by atomic mass is 16.5. The summed E-state index contributed by atoms with van der Waals surface area (Å²) in [7, 11) is 0. The van der Waals surface area contributed by atoms with E-state index < -0.39 is 5.97 Å². The van der Waals surface area contributed by atoms with Gasteiger partial charge in [-0.2, -0.15) is 0 Å². The Bertz CT molecular complexity index is 216. The summed E-state index contributed by atoms with van der Waals surface area (Å²) >= 11 is 0. The molecule has 0 aliphatic rings. The second-order valence-corrected chi connectivity index (χ2v) is 2.36. The predicted octanol–water partition coefficient (Wildman–Crippen LogP) is 1.78. The maximum atomic E-state index is 10.6. The fourth-order valence-electron chi connectivity index (χ4n) is 0.686. The molecule has 3 heteroatoms. The minimum Gasteiger partial charge on any atom is -0.478 e. The summed E-state index contributed by atoms with van der Waals surface area (Å²) in [4.78, 5) is 10.6. The van der Waals surface area contributed by atoms with Gasteiger partial charge >= 0.3 is 5.97 Å². The van der Waals surface area contributed by atoms with Crippen molar-refractivity contribution in [3.8, 4) is 0 Å². The molecule has 0 saturated carbocycles. The number of hydrogen-bond acceptors (Lipinski definition) is 2. The average Bonchev–Trinajstić information content (AvgIpc) is 2.10. The molecule has 0 bridgehead atoms. The predicted molar refractivity (Wildman–Crippen MR) is 51.5 cm³/mol. The Hall–Kier alpha value is -1.35. The van der Waals surface area contributed by atoms with Crippen LogP contribution in [-0.4, -0.2) is 24.3 Å². The molecule has 0 fully saturated rings. The minimum atomic E-state index is -0.953. The van der Waals surface area contributed by atoms with Crippen molar-refractivity contribution in [2.75, 3.05) is 13.2 Å². The number of ether oxygens (including phenoxy) is 1. The van der Waals surface area contributed by atoms with Crippen LogP contribution in [0.25, 0.3) is 0 Å². The topological polar surface area (TPSA) is 46.5 Å². The first kappa shape index (κ1) is 11.6. The molecule has 0 radical (unpaired) electrons. The van der Waals surface area contributed by atoms with E-state index in [1.54, 1.807) is 18.2 Å². The van der Waals surface area contributed by atoms with Crippen molar-refractivity contribution in [1.29, 1.82) is 0 Å². The van der Waals surface area contributed by atoms with E-state index in [4.69, 9.17) is 9.84 Å². The van der Waals surface area contributed by atoms with Gasteiger partial charge in [-0.1, -0.05) is 18.2 Å². The number of carboxylic acid groups (broad SMARTS) is 1. The van der Waals surface area contributed by atoms with Crippen LogP contribution in [0.5, 0.6) is 0 Å². The molecule has 13 heavy (non-hydrogen) atoms. The monoisotopic (exact) mass is 182 g/mol. The molecule has 0 spiro atoms. The van der Waals surface area contributed by atoms with Crippen molar-refractivity contribution in [1.82, 2.24) is 0 Å². The third-order valence-corrected chi connectivity index (χ3v) is 1.30. The van der Waals surface area contributed by atoms with Crippen LogP contribution in [0.15, 0.2) is 37.0 Å². The normalized spacial score (nSPS) is 10.9. The Balaban J connectivity index is 4.01. The van der Waals surface area contributed by atoms with Gasteiger partial charge < -0.3 is 9.84 Å². The van der Waals surface area contributed by atoms with E-state index in [9.17, 15) is 4.79 Å². The maximum absolute atomic E-state index is 10.6. The van der Waals surface area contributed by atoms with Gasteiger partial charge in [0.1, 0.15) is 0 Å². The summed E-state index contributed by atoms with van der Waals surface area (Å²) in [5, 5.41) is 8.69. The highest BCUT2D eigenvalue weighted by molar-refractivity contribution is 5.86. The van der Waals surface area contributed by atoms with Gasteiger partial charge in [-0.05, 0) is 6.42 Å². The third kappa shape index (κ3) is 5.87. The van der Waals surface area contributed by atoms with Crippen LogP contribution in [0, 0.1) is 0 Å². The molecule has 0 aliphatic carbocycles. The lowest BCUT2D eigenvalue weighted by molar-refractivity contribution is -0.133. The van der Waals surface area contributed by atoms with Gasteiger partial charge in [-0.15, -0.1) is 13.2 Å². The van der Waals surface area contributed by atoms with Crippen LogP contribution in [0.2, 0.25) is 0 Å². The molecule has 0 atom stereocenters. The molecule has 0 rings (SSSR count). The van der Waals surface area contributed by atoms with Gasteiger partial charge in [0.2, 0.25) is 0 Å². The van der Waals surface area contributed by atoms with Crippen LogP contribution in [0.4, 0.5) is 0 Å². The van der Waals surface area contributed by atoms with Crippen molar-refractivity contribution < 1.29 is 14.6 Å². The molecule has 3 nitrogen and oxygen atoms in total. The SMILES string of the molecule is C=CCC=C(COCC=C)C(=O)O. The van der Waals surface area contributed by atoms with Crippen molar-refractivity contribution in [3.05, 3.63) is 37.0 Å². The average molecular weight is 182 g/mol. The molecule has 0 amide bonds. The molecule has 72 valence electrons. The first-order valence-corrected chi connectivity index (χ1v) is 3.94. The molecule has 0 aliphatic heterocycles.